The molecule has 0 saturated carbocycles. The summed E-state index contributed by atoms with van der Waals surface area (Å²) in [5.41, 5.74) is 5.26. The van der Waals surface area contributed by atoms with Crippen LogP contribution in [0.3, 0.4) is 0 Å². The van der Waals surface area contributed by atoms with Crippen molar-refractivity contribution in [2.45, 2.75) is 5.37 Å². The van der Waals surface area contributed by atoms with Crippen molar-refractivity contribution in [2.75, 3.05) is 18.8 Å². The maximum Gasteiger partial charge on any atom is 0.168 e. The zero-order chi connectivity index (χ0) is 6.91. The van der Waals surface area contributed by atoms with Crippen LogP contribution in [0.2, 0.25) is 0 Å². The molecule has 1 saturated heterocycles. The minimum atomic E-state index is -2.95. The fourth-order valence-electron chi connectivity index (χ4n) is 0.737. The molecule has 9 heavy (non-hydrogen) atoms. The predicted molar refractivity (Wildman–Crippen MR) is 34.6 cm³/mol. The first-order valence-electron chi connectivity index (χ1n) is 2.81. The molecule has 0 spiro atoms. The molecule has 1 rings (SSSR count). The lowest BCUT2D eigenvalue weighted by Crippen LogP contribution is -2.48. The fourth-order valence-corrected chi connectivity index (χ4v) is 1.84. The van der Waals surface area contributed by atoms with Gasteiger partial charge in [0.2, 0.25) is 0 Å². The van der Waals surface area contributed by atoms with E-state index < -0.39 is 15.2 Å². The Morgan fingerprint density at radius 3 is 2.56 bits per heavy atom. The third-order valence-electron chi connectivity index (χ3n) is 1.37. The Bertz CT molecular complexity index is 187. The quantitative estimate of drug-likeness (QED) is 0.431. The van der Waals surface area contributed by atoms with Crippen LogP contribution in [-0.4, -0.2) is 32.6 Å². The maximum atomic E-state index is 10.8. The predicted octanol–water partition coefficient (Wildman–Crippen LogP) is -1.71. The van der Waals surface area contributed by atoms with E-state index in [1.165, 1.54) is 0 Å². The summed E-state index contributed by atoms with van der Waals surface area (Å²) >= 11 is 0. The van der Waals surface area contributed by atoms with Crippen molar-refractivity contribution < 1.29 is 8.42 Å². The molecule has 0 radical (unpaired) electrons. The van der Waals surface area contributed by atoms with Crippen LogP contribution in [0.1, 0.15) is 0 Å². The van der Waals surface area contributed by atoms with Crippen LogP contribution in [0.15, 0.2) is 0 Å². The lowest BCUT2D eigenvalue weighted by atomic mass is 10.6. The lowest BCUT2D eigenvalue weighted by molar-refractivity contribution is 0.549. The maximum absolute atomic E-state index is 10.8. The van der Waals surface area contributed by atoms with E-state index in [9.17, 15) is 8.42 Å². The first-order chi connectivity index (χ1) is 4.13. The lowest BCUT2D eigenvalue weighted by Gasteiger charge is -2.18. The van der Waals surface area contributed by atoms with E-state index in [0.717, 1.165) is 0 Å². The molecule has 1 atom stereocenters. The molecule has 0 amide bonds. The van der Waals surface area contributed by atoms with Gasteiger partial charge < -0.3 is 11.1 Å². The second kappa shape index (κ2) is 2.24. The Labute approximate surface area is 54.3 Å². The average Bonchev–Trinajstić information content (AvgIpc) is 1.77. The molecule has 54 valence electrons. The van der Waals surface area contributed by atoms with Gasteiger partial charge in [0.05, 0.1) is 5.75 Å². The van der Waals surface area contributed by atoms with Crippen molar-refractivity contribution in [3.05, 3.63) is 0 Å². The van der Waals surface area contributed by atoms with Crippen LogP contribution >= 0.6 is 0 Å². The highest BCUT2D eigenvalue weighted by Crippen LogP contribution is 1.98. The monoisotopic (exact) mass is 150 g/mol. The highest BCUT2D eigenvalue weighted by atomic mass is 32.2. The molecule has 0 aromatic carbocycles. The van der Waals surface area contributed by atoms with Gasteiger partial charge in [0.1, 0.15) is 5.37 Å². The molecule has 0 bridgehead atoms. The molecular weight excluding hydrogens is 140 g/mol. The Kier molecular flexibility index (Phi) is 1.74. The number of rotatable bonds is 0. The topological polar surface area (TPSA) is 72.2 Å². The van der Waals surface area contributed by atoms with Gasteiger partial charge >= 0.3 is 0 Å². The molecule has 5 heteroatoms. The molecular formula is C4H10N2O2S. The molecule has 0 aliphatic carbocycles. The second-order valence-corrected chi connectivity index (χ2v) is 4.45. The highest BCUT2D eigenvalue weighted by Gasteiger charge is 2.24. The summed E-state index contributed by atoms with van der Waals surface area (Å²) in [7, 11) is -2.95. The fraction of sp³-hybridized carbons (Fsp3) is 1.00. The summed E-state index contributed by atoms with van der Waals surface area (Å²) < 4.78 is 21.6. The van der Waals surface area contributed by atoms with Gasteiger partial charge in [0, 0.05) is 13.1 Å². The van der Waals surface area contributed by atoms with E-state index >= 15 is 0 Å². The van der Waals surface area contributed by atoms with Crippen molar-refractivity contribution in [3.8, 4) is 0 Å². The second-order valence-electron chi connectivity index (χ2n) is 2.11. The zero-order valence-electron chi connectivity index (χ0n) is 5.00. The van der Waals surface area contributed by atoms with Crippen LogP contribution in [-0.2, 0) is 9.84 Å². The summed E-state index contributed by atoms with van der Waals surface area (Å²) in [5.74, 6) is 0.175. The van der Waals surface area contributed by atoms with E-state index in [1.54, 1.807) is 0 Å². The first-order valence-corrected chi connectivity index (χ1v) is 4.52. The van der Waals surface area contributed by atoms with Gasteiger partial charge in [0.25, 0.3) is 0 Å². The van der Waals surface area contributed by atoms with Gasteiger partial charge in [-0.25, -0.2) is 8.42 Å². The van der Waals surface area contributed by atoms with Gasteiger partial charge in [0.15, 0.2) is 9.84 Å². The highest BCUT2D eigenvalue weighted by molar-refractivity contribution is 7.92. The number of nitrogens with two attached hydrogens (primary N) is 1. The largest absolute Gasteiger partial charge is 0.314 e. The number of sulfone groups is 1. The van der Waals surface area contributed by atoms with Crippen molar-refractivity contribution in [1.82, 2.24) is 5.32 Å². The van der Waals surface area contributed by atoms with Gasteiger partial charge in [-0.15, -0.1) is 0 Å². The summed E-state index contributed by atoms with van der Waals surface area (Å²) in [5, 5.41) is 2.20. The van der Waals surface area contributed by atoms with Crippen LogP contribution in [0.25, 0.3) is 0 Å². The summed E-state index contributed by atoms with van der Waals surface area (Å²) in [6.07, 6.45) is 0. The van der Waals surface area contributed by atoms with Gasteiger partial charge in [-0.2, -0.15) is 0 Å². The number of hydrogen-bond acceptors (Lipinski definition) is 4. The third-order valence-corrected chi connectivity index (χ3v) is 3.23. The van der Waals surface area contributed by atoms with E-state index in [0.29, 0.717) is 13.1 Å². The Balaban J connectivity index is 2.72. The summed E-state index contributed by atoms with van der Waals surface area (Å²) in [6, 6.07) is 0. The zero-order valence-corrected chi connectivity index (χ0v) is 5.82. The van der Waals surface area contributed by atoms with Crippen molar-refractivity contribution in [1.29, 1.82) is 0 Å². The molecule has 1 aliphatic rings. The molecule has 1 heterocycles. The van der Waals surface area contributed by atoms with Crippen molar-refractivity contribution in [3.63, 3.8) is 0 Å². The summed E-state index contributed by atoms with van der Waals surface area (Å²) in [4.78, 5) is 0. The SMILES string of the molecule is NC1CNCCS1(=O)=O. The molecule has 1 fully saturated rings. The normalized spacial score (nSPS) is 34.1. The van der Waals surface area contributed by atoms with Gasteiger partial charge in [-0.3, -0.25) is 0 Å². The smallest absolute Gasteiger partial charge is 0.168 e. The molecule has 1 unspecified atom stereocenters. The van der Waals surface area contributed by atoms with E-state index in [1.807, 2.05) is 0 Å². The Hall–Kier alpha value is -0.130. The van der Waals surface area contributed by atoms with E-state index in [4.69, 9.17) is 5.73 Å². The number of hydrogen-bond donors (Lipinski definition) is 2. The Morgan fingerprint density at radius 1 is 1.56 bits per heavy atom. The molecule has 1 aliphatic heterocycles. The molecule has 3 N–H and O–H groups in total. The standard InChI is InChI=1S/C4H10N2O2S/c5-4-3-6-1-2-9(4,7)8/h4,6H,1-3,5H2. The Morgan fingerprint density at radius 2 is 2.22 bits per heavy atom. The van der Waals surface area contributed by atoms with Gasteiger partial charge in [-0.05, 0) is 0 Å². The molecule has 0 aromatic rings. The minimum Gasteiger partial charge on any atom is -0.314 e. The van der Waals surface area contributed by atoms with Crippen LogP contribution < -0.4 is 11.1 Å². The van der Waals surface area contributed by atoms with Crippen LogP contribution in [0.4, 0.5) is 0 Å². The van der Waals surface area contributed by atoms with Crippen molar-refractivity contribution >= 4 is 9.84 Å². The average molecular weight is 150 g/mol. The third kappa shape index (κ3) is 1.41. The molecule has 4 nitrogen and oxygen atoms in total. The van der Waals surface area contributed by atoms with Crippen LogP contribution in [0.5, 0.6) is 0 Å². The number of nitrogens with one attached hydrogen (secondary N) is 1. The van der Waals surface area contributed by atoms with E-state index in [-0.39, 0.29) is 5.75 Å². The summed E-state index contributed by atoms with van der Waals surface area (Å²) in [6.45, 7) is 0.929. The first kappa shape index (κ1) is 6.98. The van der Waals surface area contributed by atoms with Gasteiger partial charge in [-0.1, -0.05) is 0 Å². The van der Waals surface area contributed by atoms with Crippen LogP contribution in [0, 0.1) is 0 Å². The minimum absolute atomic E-state index is 0.175. The van der Waals surface area contributed by atoms with Crippen molar-refractivity contribution in [2.24, 2.45) is 5.73 Å². The molecule has 0 aromatic heterocycles. The van der Waals surface area contributed by atoms with E-state index in [2.05, 4.69) is 5.32 Å².